The van der Waals surface area contributed by atoms with Crippen molar-refractivity contribution in [1.29, 1.82) is 0 Å². The Morgan fingerprint density at radius 1 is 1.04 bits per heavy atom. The molecule has 3 N–H and O–H groups in total. The first kappa shape index (κ1) is 20.3. The van der Waals surface area contributed by atoms with Gasteiger partial charge in [-0.3, -0.25) is 0 Å². The average molecular weight is 381 g/mol. The summed E-state index contributed by atoms with van der Waals surface area (Å²) in [5.74, 6) is 1.28. The molecular formula is C22H32N6. The van der Waals surface area contributed by atoms with Gasteiger partial charge in [0.2, 0.25) is 0 Å². The van der Waals surface area contributed by atoms with Gasteiger partial charge in [-0.2, -0.15) is 0 Å². The molecule has 2 heterocycles. The molecule has 0 aliphatic rings. The van der Waals surface area contributed by atoms with Crippen LogP contribution in [0.3, 0.4) is 0 Å². The fourth-order valence-electron chi connectivity index (χ4n) is 3.10. The molecular weight excluding hydrogens is 348 g/mol. The number of nitrogens with zero attached hydrogens (tertiary/aromatic N) is 4. The Morgan fingerprint density at radius 2 is 1.75 bits per heavy atom. The predicted octanol–water partition coefficient (Wildman–Crippen LogP) is 4.08. The monoisotopic (exact) mass is 380 g/mol. The molecule has 6 nitrogen and oxygen atoms in total. The molecule has 0 aliphatic carbocycles. The molecule has 28 heavy (non-hydrogen) atoms. The van der Waals surface area contributed by atoms with E-state index < -0.39 is 0 Å². The summed E-state index contributed by atoms with van der Waals surface area (Å²) in [6.45, 7) is 10.3. The predicted molar refractivity (Wildman–Crippen MR) is 115 cm³/mol. The van der Waals surface area contributed by atoms with E-state index in [9.17, 15) is 0 Å². The molecule has 0 unspecified atom stereocenters. The lowest BCUT2D eigenvalue weighted by Crippen LogP contribution is -2.35. The number of aromatic nitrogens is 4. The lowest BCUT2D eigenvalue weighted by molar-refractivity contribution is 0.424. The van der Waals surface area contributed by atoms with Crippen LogP contribution in [0.5, 0.6) is 0 Å². The minimum atomic E-state index is 0.114. The van der Waals surface area contributed by atoms with Crippen molar-refractivity contribution in [3.8, 4) is 0 Å². The normalized spacial score (nSPS) is 12.0. The van der Waals surface area contributed by atoms with Crippen molar-refractivity contribution in [2.24, 2.45) is 0 Å². The van der Waals surface area contributed by atoms with Crippen LogP contribution in [0.4, 0.5) is 5.82 Å². The van der Waals surface area contributed by atoms with E-state index in [0.717, 1.165) is 30.9 Å². The Morgan fingerprint density at radius 3 is 2.43 bits per heavy atom. The van der Waals surface area contributed by atoms with Crippen LogP contribution in [0.15, 0.2) is 30.6 Å². The van der Waals surface area contributed by atoms with Gasteiger partial charge < -0.3 is 15.6 Å². The average Bonchev–Trinajstić information content (AvgIpc) is 3.04. The number of rotatable bonds is 8. The number of nitrogen functional groups attached to an aromatic ring is 1. The Bertz CT molecular complexity index is 905. The van der Waals surface area contributed by atoms with Crippen LogP contribution < -0.4 is 11.1 Å². The zero-order valence-corrected chi connectivity index (χ0v) is 17.5. The van der Waals surface area contributed by atoms with E-state index in [-0.39, 0.29) is 5.54 Å². The smallest absolute Gasteiger partial charge is 0.166 e. The molecule has 0 aliphatic heterocycles. The van der Waals surface area contributed by atoms with Gasteiger partial charge in [-0.25, -0.2) is 15.0 Å². The Hall–Kier alpha value is -2.47. The highest BCUT2D eigenvalue weighted by Crippen LogP contribution is 2.19. The highest BCUT2D eigenvalue weighted by molar-refractivity contribution is 5.81. The van der Waals surface area contributed by atoms with Crippen molar-refractivity contribution in [2.75, 3.05) is 5.73 Å². The van der Waals surface area contributed by atoms with Crippen molar-refractivity contribution in [3.63, 3.8) is 0 Å². The summed E-state index contributed by atoms with van der Waals surface area (Å²) in [7, 11) is 0. The molecule has 0 bridgehead atoms. The number of hydrogen-bond acceptors (Lipinski definition) is 5. The second-order valence-corrected chi connectivity index (χ2v) is 8.45. The van der Waals surface area contributed by atoms with E-state index in [2.05, 4.69) is 71.8 Å². The quantitative estimate of drug-likeness (QED) is 0.576. The van der Waals surface area contributed by atoms with Crippen LogP contribution in [0.2, 0.25) is 0 Å². The molecule has 6 heteroatoms. The third kappa shape index (κ3) is 5.29. The SMILES string of the molecule is CCCCCc1nc(N)c2ncn(Cc3ccc(CNC(C)(C)C)cc3)c2n1. The first-order chi connectivity index (χ1) is 13.4. The first-order valence-electron chi connectivity index (χ1n) is 10.2. The van der Waals surface area contributed by atoms with Gasteiger partial charge in [-0.05, 0) is 38.3 Å². The van der Waals surface area contributed by atoms with Crippen molar-refractivity contribution in [2.45, 2.75) is 72.0 Å². The van der Waals surface area contributed by atoms with Gasteiger partial charge in [0.05, 0.1) is 12.9 Å². The number of nitrogens with one attached hydrogen (secondary N) is 1. The third-order valence-electron chi connectivity index (χ3n) is 4.74. The van der Waals surface area contributed by atoms with Crippen LogP contribution in [0, 0.1) is 0 Å². The molecule has 0 spiro atoms. The van der Waals surface area contributed by atoms with Crippen molar-refractivity contribution < 1.29 is 0 Å². The van der Waals surface area contributed by atoms with Crippen LogP contribution in [0.25, 0.3) is 11.2 Å². The minimum absolute atomic E-state index is 0.114. The molecule has 150 valence electrons. The summed E-state index contributed by atoms with van der Waals surface area (Å²) in [6, 6.07) is 8.68. The summed E-state index contributed by atoms with van der Waals surface area (Å²) in [5, 5.41) is 3.51. The zero-order chi connectivity index (χ0) is 20.1. The minimum Gasteiger partial charge on any atom is -0.382 e. The Kier molecular flexibility index (Phi) is 6.29. The van der Waals surface area contributed by atoms with Crippen LogP contribution in [-0.4, -0.2) is 25.1 Å². The largest absolute Gasteiger partial charge is 0.382 e. The van der Waals surface area contributed by atoms with Gasteiger partial charge in [-0.1, -0.05) is 44.0 Å². The Labute approximate surface area is 167 Å². The summed E-state index contributed by atoms with van der Waals surface area (Å²) in [6.07, 6.45) is 6.10. The molecule has 3 rings (SSSR count). The zero-order valence-electron chi connectivity index (χ0n) is 17.5. The van der Waals surface area contributed by atoms with Gasteiger partial charge in [-0.15, -0.1) is 0 Å². The van der Waals surface area contributed by atoms with Gasteiger partial charge in [0.15, 0.2) is 11.5 Å². The summed E-state index contributed by atoms with van der Waals surface area (Å²) in [4.78, 5) is 13.6. The second kappa shape index (κ2) is 8.69. The van der Waals surface area contributed by atoms with Crippen LogP contribution in [0.1, 0.15) is 63.9 Å². The van der Waals surface area contributed by atoms with Crippen LogP contribution >= 0.6 is 0 Å². The number of anilines is 1. The van der Waals surface area contributed by atoms with Crippen molar-refractivity contribution >= 4 is 17.0 Å². The number of imidazole rings is 1. The van der Waals surface area contributed by atoms with Gasteiger partial charge in [0.25, 0.3) is 0 Å². The van der Waals surface area contributed by atoms with E-state index in [1.165, 1.54) is 24.0 Å². The van der Waals surface area contributed by atoms with E-state index >= 15 is 0 Å². The molecule has 0 fully saturated rings. The lowest BCUT2D eigenvalue weighted by Gasteiger charge is -2.20. The maximum atomic E-state index is 6.12. The first-order valence-corrected chi connectivity index (χ1v) is 10.2. The summed E-state index contributed by atoms with van der Waals surface area (Å²) >= 11 is 0. The van der Waals surface area contributed by atoms with E-state index in [4.69, 9.17) is 10.7 Å². The van der Waals surface area contributed by atoms with Crippen molar-refractivity contribution in [3.05, 3.63) is 47.5 Å². The van der Waals surface area contributed by atoms with Gasteiger partial charge in [0.1, 0.15) is 11.3 Å². The Balaban J connectivity index is 1.74. The van der Waals surface area contributed by atoms with E-state index in [1.54, 1.807) is 6.33 Å². The molecule has 0 atom stereocenters. The van der Waals surface area contributed by atoms with Gasteiger partial charge in [0, 0.05) is 18.5 Å². The van der Waals surface area contributed by atoms with E-state index in [1.807, 2.05) is 0 Å². The molecule has 0 saturated carbocycles. The number of hydrogen-bond donors (Lipinski definition) is 2. The number of aryl methyl sites for hydroxylation is 1. The van der Waals surface area contributed by atoms with Crippen LogP contribution in [-0.2, 0) is 19.5 Å². The third-order valence-corrected chi connectivity index (χ3v) is 4.74. The fourth-order valence-corrected chi connectivity index (χ4v) is 3.10. The fraction of sp³-hybridized carbons (Fsp3) is 0.500. The topological polar surface area (TPSA) is 81.6 Å². The molecule has 1 aromatic carbocycles. The standard InChI is InChI=1S/C22H32N6/c1-5-6-7-8-18-26-20(23)19-21(27-18)28(15-24-19)14-17-11-9-16(10-12-17)13-25-22(2,3)4/h9-12,15,25H,5-8,13-14H2,1-4H3,(H2,23,26,27). The number of benzene rings is 1. The molecule has 0 radical (unpaired) electrons. The van der Waals surface area contributed by atoms with Gasteiger partial charge >= 0.3 is 0 Å². The maximum absolute atomic E-state index is 6.12. The lowest BCUT2D eigenvalue weighted by atomic mass is 10.1. The summed E-state index contributed by atoms with van der Waals surface area (Å²) in [5.41, 5.74) is 10.2. The maximum Gasteiger partial charge on any atom is 0.166 e. The number of nitrogens with two attached hydrogens (primary N) is 1. The highest BCUT2D eigenvalue weighted by Gasteiger charge is 2.12. The number of unbranched alkanes of at least 4 members (excludes halogenated alkanes) is 2. The van der Waals surface area contributed by atoms with E-state index in [0.29, 0.717) is 17.9 Å². The second-order valence-electron chi connectivity index (χ2n) is 8.45. The molecule has 0 amide bonds. The molecule has 2 aromatic heterocycles. The number of fused-ring (bicyclic) bond motifs is 1. The van der Waals surface area contributed by atoms with Crippen molar-refractivity contribution in [1.82, 2.24) is 24.8 Å². The molecule has 3 aromatic rings. The highest BCUT2D eigenvalue weighted by atomic mass is 15.1. The summed E-state index contributed by atoms with van der Waals surface area (Å²) < 4.78 is 2.05. The molecule has 0 saturated heterocycles.